The number of likely N-dealkylation sites (tertiary alicyclic amines) is 2. The van der Waals surface area contributed by atoms with E-state index in [0.29, 0.717) is 11.9 Å². The molecule has 32 heavy (non-hydrogen) atoms. The van der Waals surface area contributed by atoms with Crippen LogP contribution in [-0.4, -0.2) is 70.2 Å². The zero-order chi connectivity index (χ0) is 22.1. The number of pyridine rings is 1. The third-order valence-corrected chi connectivity index (χ3v) is 7.74. The summed E-state index contributed by atoms with van der Waals surface area (Å²) >= 11 is 1.58. The number of rotatable bonds is 4. The normalized spacial score (nSPS) is 19.4. The van der Waals surface area contributed by atoms with Gasteiger partial charge in [-0.3, -0.25) is 4.79 Å². The van der Waals surface area contributed by atoms with Gasteiger partial charge in [-0.15, -0.1) is 10.2 Å². The second-order valence-electron chi connectivity index (χ2n) is 9.09. The first-order valence-corrected chi connectivity index (χ1v) is 12.3. The Morgan fingerprint density at radius 2 is 1.81 bits per heavy atom. The zero-order valence-corrected chi connectivity index (χ0v) is 19.6. The number of piperidine rings is 2. The molecule has 2 saturated heterocycles. The summed E-state index contributed by atoms with van der Waals surface area (Å²) in [4.78, 5) is 22.4. The Kier molecular flexibility index (Phi) is 6.17. The fraction of sp³-hybridized carbons (Fsp3) is 0.500. The number of carbonyl (C=O) groups excluding carboxylic acids is 1. The Morgan fingerprint density at radius 1 is 1.03 bits per heavy atom. The molecule has 168 valence electrons. The number of aromatic nitrogens is 3. The van der Waals surface area contributed by atoms with Crippen molar-refractivity contribution in [3.8, 4) is 10.6 Å². The van der Waals surface area contributed by atoms with E-state index in [1.54, 1.807) is 11.3 Å². The highest BCUT2D eigenvalue weighted by molar-refractivity contribution is 7.14. The van der Waals surface area contributed by atoms with Crippen LogP contribution in [0.3, 0.4) is 0 Å². The molecule has 0 atom stereocenters. The van der Waals surface area contributed by atoms with Gasteiger partial charge in [0.1, 0.15) is 15.8 Å². The van der Waals surface area contributed by atoms with E-state index < -0.39 is 0 Å². The Morgan fingerprint density at radius 3 is 2.53 bits per heavy atom. The van der Waals surface area contributed by atoms with Gasteiger partial charge in [-0.2, -0.15) is 0 Å². The SMILES string of the molecule is Cc1nnc(-c2ccc3cnc(NC(=O)C4CCN(C5CCN(C)CC5)CC4)cc3c2)s1. The minimum absolute atomic E-state index is 0.0608. The molecule has 2 aliphatic heterocycles. The van der Waals surface area contributed by atoms with Crippen molar-refractivity contribution < 1.29 is 4.79 Å². The minimum Gasteiger partial charge on any atom is -0.310 e. The average Bonchev–Trinajstić information content (AvgIpc) is 3.25. The van der Waals surface area contributed by atoms with Gasteiger partial charge in [-0.05, 0) is 83.4 Å². The maximum Gasteiger partial charge on any atom is 0.228 e. The molecule has 2 fully saturated rings. The van der Waals surface area contributed by atoms with Gasteiger partial charge in [-0.1, -0.05) is 23.5 Å². The lowest BCUT2D eigenvalue weighted by Gasteiger charge is -2.40. The molecule has 0 bridgehead atoms. The van der Waals surface area contributed by atoms with Crippen LogP contribution in [-0.2, 0) is 4.79 Å². The molecule has 0 radical (unpaired) electrons. The minimum atomic E-state index is 0.0608. The molecular weight excluding hydrogens is 420 g/mol. The van der Waals surface area contributed by atoms with Crippen LogP contribution in [0.1, 0.15) is 30.7 Å². The molecule has 5 rings (SSSR count). The Bertz CT molecular complexity index is 1100. The van der Waals surface area contributed by atoms with Gasteiger partial charge in [-0.25, -0.2) is 4.98 Å². The monoisotopic (exact) mass is 450 g/mol. The van der Waals surface area contributed by atoms with Gasteiger partial charge in [0, 0.05) is 29.1 Å². The second kappa shape index (κ2) is 9.21. The number of nitrogens with zero attached hydrogens (tertiary/aromatic N) is 5. The molecular formula is C24H30N6OS. The van der Waals surface area contributed by atoms with Crippen molar-refractivity contribution in [2.75, 3.05) is 38.5 Å². The van der Waals surface area contributed by atoms with Crippen LogP contribution in [0.5, 0.6) is 0 Å². The van der Waals surface area contributed by atoms with Gasteiger partial charge < -0.3 is 15.1 Å². The van der Waals surface area contributed by atoms with E-state index in [1.807, 2.05) is 31.3 Å². The highest BCUT2D eigenvalue weighted by Crippen LogP contribution is 2.28. The van der Waals surface area contributed by atoms with E-state index in [4.69, 9.17) is 0 Å². The number of anilines is 1. The van der Waals surface area contributed by atoms with E-state index in [2.05, 4.69) is 43.4 Å². The first-order valence-electron chi connectivity index (χ1n) is 11.5. The summed E-state index contributed by atoms with van der Waals surface area (Å²) in [5.41, 5.74) is 1.04. The number of benzene rings is 1. The fourth-order valence-corrected chi connectivity index (χ4v) is 5.56. The van der Waals surface area contributed by atoms with Crippen LogP contribution in [0.25, 0.3) is 21.3 Å². The Labute approximate surface area is 192 Å². The molecule has 1 N–H and O–H groups in total. The first-order chi connectivity index (χ1) is 15.5. The molecule has 2 aliphatic rings. The summed E-state index contributed by atoms with van der Waals surface area (Å²) in [6.45, 7) is 6.35. The summed E-state index contributed by atoms with van der Waals surface area (Å²) in [5.74, 6) is 0.771. The van der Waals surface area contributed by atoms with Crippen LogP contribution >= 0.6 is 11.3 Å². The molecule has 8 heteroatoms. The standard InChI is InChI=1S/C24H30N6OS/c1-16-27-28-24(32-16)18-3-4-19-15-25-22(14-20(19)13-18)26-23(31)17-5-11-30(12-6-17)21-7-9-29(2)10-8-21/h3-4,13-15,17,21H,5-12H2,1-2H3,(H,25,26,31). The van der Waals surface area contributed by atoms with Gasteiger partial charge in [0.05, 0.1) is 0 Å². The third-order valence-electron chi connectivity index (χ3n) is 6.85. The van der Waals surface area contributed by atoms with Crippen molar-refractivity contribution in [3.05, 3.63) is 35.5 Å². The summed E-state index contributed by atoms with van der Waals surface area (Å²) in [7, 11) is 2.20. The Hall–Kier alpha value is -2.42. The average molecular weight is 451 g/mol. The van der Waals surface area contributed by atoms with Gasteiger partial charge in [0.15, 0.2) is 0 Å². The van der Waals surface area contributed by atoms with Crippen LogP contribution in [0.2, 0.25) is 0 Å². The summed E-state index contributed by atoms with van der Waals surface area (Å²) in [5, 5.41) is 15.4. The van der Waals surface area contributed by atoms with Crippen molar-refractivity contribution in [3.63, 3.8) is 0 Å². The van der Waals surface area contributed by atoms with Crippen molar-refractivity contribution in [1.82, 2.24) is 25.0 Å². The maximum atomic E-state index is 12.9. The number of nitrogens with one attached hydrogen (secondary N) is 1. The molecule has 0 unspecified atom stereocenters. The number of aryl methyl sites for hydroxylation is 1. The molecule has 1 aromatic carbocycles. The smallest absolute Gasteiger partial charge is 0.228 e. The number of fused-ring (bicyclic) bond motifs is 1. The molecule has 1 amide bonds. The van der Waals surface area contributed by atoms with Crippen molar-refractivity contribution in [2.24, 2.45) is 5.92 Å². The summed E-state index contributed by atoms with van der Waals surface area (Å²) in [6.07, 6.45) is 6.15. The topological polar surface area (TPSA) is 74.2 Å². The largest absolute Gasteiger partial charge is 0.310 e. The molecule has 0 spiro atoms. The van der Waals surface area contributed by atoms with Gasteiger partial charge in [0.25, 0.3) is 0 Å². The molecule has 7 nitrogen and oxygen atoms in total. The predicted molar refractivity (Wildman–Crippen MR) is 129 cm³/mol. The van der Waals surface area contributed by atoms with E-state index in [-0.39, 0.29) is 11.8 Å². The quantitative estimate of drug-likeness (QED) is 0.652. The van der Waals surface area contributed by atoms with Crippen molar-refractivity contribution in [1.29, 1.82) is 0 Å². The van der Waals surface area contributed by atoms with E-state index in [9.17, 15) is 4.79 Å². The molecule has 2 aromatic heterocycles. The highest BCUT2D eigenvalue weighted by Gasteiger charge is 2.30. The summed E-state index contributed by atoms with van der Waals surface area (Å²) < 4.78 is 0. The third kappa shape index (κ3) is 4.67. The second-order valence-corrected chi connectivity index (χ2v) is 10.3. The Balaban J connectivity index is 1.22. The van der Waals surface area contributed by atoms with Gasteiger partial charge in [0.2, 0.25) is 5.91 Å². The predicted octanol–water partition coefficient (Wildman–Crippen LogP) is 3.81. The maximum absolute atomic E-state index is 12.9. The summed E-state index contributed by atoms with van der Waals surface area (Å²) in [6, 6.07) is 8.81. The van der Waals surface area contributed by atoms with Crippen molar-refractivity contribution in [2.45, 2.75) is 38.6 Å². The van der Waals surface area contributed by atoms with Crippen LogP contribution in [0.4, 0.5) is 5.82 Å². The number of carbonyl (C=O) groups is 1. The van der Waals surface area contributed by atoms with E-state index >= 15 is 0 Å². The molecule has 0 aliphatic carbocycles. The number of amides is 1. The van der Waals surface area contributed by atoms with E-state index in [0.717, 1.165) is 52.3 Å². The number of hydrogen-bond acceptors (Lipinski definition) is 7. The first kappa shape index (κ1) is 21.4. The molecule has 0 saturated carbocycles. The van der Waals surface area contributed by atoms with Crippen molar-refractivity contribution >= 4 is 33.8 Å². The zero-order valence-electron chi connectivity index (χ0n) is 18.8. The van der Waals surface area contributed by atoms with Crippen LogP contribution in [0.15, 0.2) is 30.5 Å². The van der Waals surface area contributed by atoms with Gasteiger partial charge >= 0.3 is 0 Å². The van der Waals surface area contributed by atoms with Crippen LogP contribution < -0.4 is 5.32 Å². The van der Waals surface area contributed by atoms with Crippen LogP contribution in [0, 0.1) is 12.8 Å². The molecule has 3 aromatic rings. The van der Waals surface area contributed by atoms with E-state index in [1.165, 1.54) is 25.9 Å². The highest BCUT2D eigenvalue weighted by atomic mass is 32.1. The lowest BCUT2D eigenvalue weighted by Crippen LogP contribution is -2.48. The number of hydrogen-bond donors (Lipinski definition) is 1. The molecule has 4 heterocycles. The fourth-order valence-electron chi connectivity index (χ4n) is 4.87. The lowest BCUT2D eigenvalue weighted by molar-refractivity contribution is -0.121. The lowest BCUT2D eigenvalue weighted by atomic mass is 9.93.